The average molecular weight is 242 g/mol. The molecule has 0 saturated carbocycles. The topological polar surface area (TPSA) is 89.3 Å². The first-order valence-corrected chi connectivity index (χ1v) is 5.48. The van der Waals surface area contributed by atoms with Gasteiger partial charge in [-0.25, -0.2) is 4.79 Å². The van der Waals surface area contributed by atoms with Crippen molar-refractivity contribution in [2.75, 3.05) is 11.5 Å². The van der Waals surface area contributed by atoms with E-state index in [-0.39, 0.29) is 5.56 Å². The highest BCUT2D eigenvalue weighted by Gasteiger charge is 2.11. The molecule has 0 saturated heterocycles. The third-order valence-electron chi connectivity index (χ3n) is 2.74. The molecule has 0 aliphatic heterocycles. The molecule has 0 fully saturated rings. The lowest BCUT2D eigenvalue weighted by molar-refractivity contribution is 0.0697. The van der Waals surface area contributed by atoms with Gasteiger partial charge in [-0.1, -0.05) is 12.1 Å². The number of nitrogens with two attached hydrogens (primary N) is 2. The summed E-state index contributed by atoms with van der Waals surface area (Å²) in [5.41, 5.74) is 15.4. The van der Waals surface area contributed by atoms with Crippen molar-refractivity contribution >= 4 is 17.3 Å². The lowest BCUT2D eigenvalue weighted by Crippen LogP contribution is -2.00. The molecule has 92 valence electrons. The van der Waals surface area contributed by atoms with Gasteiger partial charge in [0.15, 0.2) is 0 Å². The standard InChI is InChI=1S/C14H14N2O2/c1-8-5-9(7-10(6-8)14(17)18)13-11(15)3-2-4-12(13)16/h2-7H,15-16H2,1H3,(H,17,18). The molecule has 0 bridgehead atoms. The summed E-state index contributed by atoms with van der Waals surface area (Å²) in [5.74, 6) is -0.965. The Bertz CT molecular complexity index is 601. The van der Waals surface area contributed by atoms with Gasteiger partial charge in [0.2, 0.25) is 0 Å². The van der Waals surface area contributed by atoms with E-state index in [4.69, 9.17) is 16.6 Å². The van der Waals surface area contributed by atoms with E-state index in [0.717, 1.165) is 11.1 Å². The Kier molecular flexibility index (Phi) is 2.93. The van der Waals surface area contributed by atoms with Crippen molar-refractivity contribution in [3.05, 3.63) is 47.5 Å². The predicted molar refractivity (Wildman–Crippen MR) is 72.4 cm³/mol. The summed E-state index contributed by atoms with van der Waals surface area (Å²) in [6.07, 6.45) is 0. The first-order chi connectivity index (χ1) is 8.49. The minimum atomic E-state index is -0.965. The number of anilines is 2. The number of benzene rings is 2. The molecule has 4 heteroatoms. The van der Waals surface area contributed by atoms with Gasteiger partial charge in [-0.3, -0.25) is 0 Å². The summed E-state index contributed by atoms with van der Waals surface area (Å²) in [6, 6.07) is 10.3. The van der Waals surface area contributed by atoms with Gasteiger partial charge in [-0.15, -0.1) is 0 Å². The SMILES string of the molecule is Cc1cc(C(=O)O)cc(-c2c(N)cccc2N)c1. The van der Waals surface area contributed by atoms with Gasteiger partial charge in [0.05, 0.1) is 5.56 Å². The van der Waals surface area contributed by atoms with Crippen LogP contribution < -0.4 is 11.5 Å². The smallest absolute Gasteiger partial charge is 0.335 e. The zero-order valence-electron chi connectivity index (χ0n) is 9.97. The summed E-state index contributed by atoms with van der Waals surface area (Å²) in [6.45, 7) is 1.84. The summed E-state index contributed by atoms with van der Waals surface area (Å²) in [7, 11) is 0. The van der Waals surface area contributed by atoms with E-state index in [2.05, 4.69) is 0 Å². The number of carboxylic acids is 1. The Morgan fingerprint density at radius 1 is 1.11 bits per heavy atom. The van der Waals surface area contributed by atoms with Crippen LogP contribution in [0.25, 0.3) is 11.1 Å². The fourth-order valence-electron chi connectivity index (χ4n) is 1.97. The molecule has 0 spiro atoms. The zero-order valence-corrected chi connectivity index (χ0v) is 9.97. The van der Waals surface area contributed by atoms with Crippen LogP contribution in [0.15, 0.2) is 36.4 Å². The van der Waals surface area contributed by atoms with Crippen LogP contribution in [-0.2, 0) is 0 Å². The van der Waals surface area contributed by atoms with E-state index < -0.39 is 5.97 Å². The maximum absolute atomic E-state index is 11.0. The number of hydrogen-bond donors (Lipinski definition) is 3. The van der Waals surface area contributed by atoms with Crippen molar-refractivity contribution in [2.45, 2.75) is 6.92 Å². The minimum absolute atomic E-state index is 0.229. The minimum Gasteiger partial charge on any atom is -0.478 e. The molecule has 5 N–H and O–H groups in total. The highest BCUT2D eigenvalue weighted by molar-refractivity contribution is 5.93. The van der Waals surface area contributed by atoms with Gasteiger partial charge in [0.25, 0.3) is 0 Å². The highest BCUT2D eigenvalue weighted by Crippen LogP contribution is 2.32. The number of carboxylic acid groups (broad SMARTS) is 1. The molecule has 0 atom stereocenters. The number of carbonyl (C=O) groups is 1. The van der Waals surface area contributed by atoms with Crippen molar-refractivity contribution in [3.8, 4) is 11.1 Å². The molecule has 0 amide bonds. The molecule has 0 radical (unpaired) electrons. The Morgan fingerprint density at radius 3 is 2.28 bits per heavy atom. The van der Waals surface area contributed by atoms with Gasteiger partial charge >= 0.3 is 5.97 Å². The molecule has 2 aromatic rings. The number of rotatable bonds is 2. The van der Waals surface area contributed by atoms with E-state index in [1.54, 1.807) is 30.3 Å². The van der Waals surface area contributed by atoms with Crippen LogP contribution in [0.2, 0.25) is 0 Å². The first-order valence-electron chi connectivity index (χ1n) is 5.48. The molecule has 4 nitrogen and oxygen atoms in total. The molecular formula is C14H14N2O2. The maximum atomic E-state index is 11.0. The van der Waals surface area contributed by atoms with E-state index in [0.29, 0.717) is 16.9 Å². The summed E-state index contributed by atoms with van der Waals surface area (Å²) in [5, 5.41) is 9.06. The van der Waals surface area contributed by atoms with E-state index >= 15 is 0 Å². The summed E-state index contributed by atoms with van der Waals surface area (Å²) in [4.78, 5) is 11.0. The quantitative estimate of drug-likeness (QED) is 0.706. The average Bonchev–Trinajstić information content (AvgIpc) is 2.28. The largest absolute Gasteiger partial charge is 0.478 e. The molecule has 2 rings (SSSR count). The first kappa shape index (κ1) is 12.0. The van der Waals surface area contributed by atoms with Gasteiger partial charge in [0, 0.05) is 16.9 Å². The highest BCUT2D eigenvalue weighted by atomic mass is 16.4. The lowest BCUT2D eigenvalue weighted by atomic mass is 9.97. The van der Waals surface area contributed by atoms with Crippen LogP contribution >= 0.6 is 0 Å². The molecule has 0 heterocycles. The summed E-state index contributed by atoms with van der Waals surface area (Å²) < 4.78 is 0. The number of aromatic carboxylic acids is 1. The van der Waals surface area contributed by atoms with Gasteiger partial charge < -0.3 is 16.6 Å². The molecule has 0 aliphatic carbocycles. The third-order valence-corrected chi connectivity index (χ3v) is 2.74. The van der Waals surface area contributed by atoms with Crippen molar-refractivity contribution < 1.29 is 9.90 Å². The van der Waals surface area contributed by atoms with Crippen molar-refractivity contribution in [1.29, 1.82) is 0 Å². The molecule has 0 aromatic heterocycles. The van der Waals surface area contributed by atoms with Gasteiger partial charge in [0.1, 0.15) is 0 Å². The van der Waals surface area contributed by atoms with Crippen molar-refractivity contribution in [2.24, 2.45) is 0 Å². The normalized spacial score (nSPS) is 10.3. The van der Waals surface area contributed by atoms with Crippen molar-refractivity contribution in [3.63, 3.8) is 0 Å². The second-order valence-electron chi connectivity index (χ2n) is 4.20. The lowest BCUT2D eigenvalue weighted by Gasteiger charge is -2.11. The number of nitrogen functional groups attached to an aromatic ring is 2. The van der Waals surface area contributed by atoms with Crippen LogP contribution in [0.4, 0.5) is 11.4 Å². The van der Waals surface area contributed by atoms with Gasteiger partial charge in [-0.05, 0) is 42.3 Å². The van der Waals surface area contributed by atoms with Crippen LogP contribution in [0.1, 0.15) is 15.9 Å². The second kappa shape index (κ2) is 4.41. The Balaban J connectivity index is 2.68. The van der Waals surface area contributed by atoms with Crippen LogP contribution in [0.3, 0.4) is 0 Å². The van der Waals surface area contributed by atoms with E-state index in [1.807, 2.05) is 13.0 Å². The Morgan fingerprint density at radius 2 is 1.72 bits per heavy atom. The van der Waals surface area contributed by atoms with Crippen LogP contribution in [0, 0.1) is 6.92 Å². The maximum Gasteiger partial charge on any atom is 0.335 e. The fourth-order valence-corrected chi connectivity index (χ4v) is 1.97. The Labute approximate surface area is 105 Å². The molecule has 0 aliphatic rings. The molecule has 18 heavy (non-hydrogen) atoms. The monoisotopic (exact) mass is 242 g/mol. The molecular weight excluding hydrogens is 228 g/mol. The Hall–Kier alpha value is -2.49. The molecule has 2 aromatic carbocycles. The third kappa shape index (κ3) is 2.13. The van der Waals surface area contributed by atoms with Crippen LogP contribution in [-0.4, -0.2) is 11.1 Å². The van der Waals surface area contributed by atoms with E-state index in [1.165, 1.54) is 0 Å². The summed E-state index contributed by atoms with van der Waals surface area (Å²) >= 11 is 0. The van der Waals surface area contributed by atoms with E-state index in [9.17, 15) is 4.79 Å². The second-order valence-corrected chi connectivity index (χ2v) is 4.20. The number of hydrogen-bond acceptors (Lipinski definition) is 3. The van der Waals surface area contributed by atoms with Crippen LogP contribution in [0.5, 0.6) is 0 Å². The number of aryl methyl sites for hydroxylation is 1. The van der Waals surface area contributed by atoms with Crippen molar-refractivity contribution in [1.82, 2.24) is 0 Å². The fraction of sp³-hybridized carbons (Fsp3) is 0.0714. The zero-order chi connectivity index (χ0) is 13.3. The van der Waals surface area contributed by atoms with Gasteiger partial charge in [-0.2, -0.15) is 0 Å². The predicted octanol–water partition coefficient (Wildman–Crippen LogP) is 2.52. The molecule has 0 unspecified atom stereocenters.